The fourth-order valence-corrected chi connectivity index (χ4v) is 2.55. The van der Waals surface area contributed by atoms with Gasteiger partial charge < -0.3 is 14.8 Å². The third kappa shape index (κ3) is 3.15. The van der Waals surface area contributed by atoms with E-state index >= 15 is 0 Å². The molecule has 6 nitrogen and oxygen atoms in total. The number of hydrogen-bond acceptors (Lipinski definition) is 5. The Hall–Kier alpha value is -1.50. The minimum Gasteiger partial charge on any atom is -0.377 e. The predicted molar refractivity (Wildman–Crippen MR) is 74.6 cm³/mol. The first-order valence-corrected chi connectivity index (χ1v) is 6.77. The third-order valence-corrected chi connectivity index (χ3v) is 3.65. The maximum atomic E-state index is 10.9. The molecule has 1 N–H and O–H groups in total. The van der Waals surface area contributed by atoms with Crippen molar-refractivity contribution in [1.29, 1.82) is 0 Å². The van der Waals surface area contributed by atoms with Gasteiger partial charge in [0.25, 0.3) is 5.69 Å². The number of nitro benzene ring substituents is 1. The van der Waals surface area contributed by atoms with Crippen molar-refractivity contribution in [3.63, 3.8) is 0 Å². The Morgan fingerprint density at radius 3 is 2.85 bits per heavy atom. The second-order valence-corrected chi connectivity index (χ2v) is 4.80. The lowest BCUT2D eigenvalue weighted by Gasteiger charge is -2.43. The topological polar surface area (TPSA) is 73.6 Å². The molecule has 6 heteroatoms. The van der Waals surface area contributed by atoms with Crippen molar-refractivity contribution in [2.24, 2.45) is 0 Å². The van der Waals surface area contributed by atoms with Gasteiger partial charge in [-0.2, -0.15) is 0 Å². The van der Waals surface area contributed by atoms with Crippen LogP contribution < -0.4 is 5.32 Å². The molecule has 1 aliphatic rings. The molecule has 0 saturated heterocycles. The maximum Gasteiger partial charge on any atom is 0.273 e. The van der Waals surface area contributed by atoms with E-state index in [1.807, 2.05) is 13.0 Å². The van der Waals surface area contributed by atoms with Crippen LogP contribution in [0.25, 0.3) is 0 Å². The van der Waals surface area contributed by atoms with Gasteiger partial charge >= 0.3 is 0 Å². The summed E-state index contributed by atoms with van der Waals surface area (Å²) in [7, 11) is 1.66. The van der Waals surface area contributed by atoms with Gasteiger partial charge in [-0.3, -0.25) is 10.1 Å². The van der Waals surface area contributed by atoms with E-state index in [0.717, 1.165) is 6.42 Å². The maximum absolute atomic E-state index is 10.9. The van der Waals surface area contributed by atoms with Gasteiger partial charge in [0.15, 0.2) is 0 Å². The van der Waals surface area contributed by atoms with E-state index in [-0.39, 0.29) is 28.9 Å². The van der Waals surface area contributed by atoms with Gasteiger partial charge in [0.2, 0.25) is 0 Å². The van der Waals surface area contributed by atoms with E-state index in [4.69, 9.17) is 9.47 Å². The zero-order valence-electron chi connectivity index (χ0n) is 11.7. The van der Waals surface area contributed by atoms with Gasteiger partial charge in [0, 0.05) is 37.9 Å². The summed E-state index contributed by atoms with van der Waals surface area (Å²) in [5.74, 6) is 0. The normalized spacial score (nSPS) is 25.2. The molecule has 1 aliphatic carbocycles. The van der Waals surface area contributed by atoms with Gasteiger partial charge in [0.05, 0.1) is 17.1 Å². The number of nitro groups is 1. The average molecular weight is 280 g/mol. The molecule has 3 atom stereocenters. The fraction of sp³-hybridized carbons (Fsp3) is 0.571. The van der Waals surface area contributed by atoms with E-state index in [0.29, 0.717) is 18.7 Å². The summed E-state index contributed by atoms with van der Waals surface area (Å²) in [6.07, 6.45) is 0.999. The van der Waals surface area contributed by atoms with Crippen LogP contribution in [0.1, 0.15) is 18.9 Å². The molecule has 2 rings (SSSR count). The molecule has 0 radical (unpaired) electrons. The molecule has 0 heterocycles. The lowest BCUT2D eigenvalue weighted by Crippen LogP contribution is -2.59. The highest BCUT2D eigenvalue weighted by atomic mass is 16.6. The summed E-state index contributed by atoms with van der Waals surface area (Å²) in [4.78, 5) is 10.6. The molecule has 20 heavy (non-hydrogen) atoms. The number of nitrogens with one attached hydrogen (secondary N) is 1. The van der Waals surface area contributed by atoms with Crippen LogP contribution in [0.5, 0.6) is 0 Å². The van der Waals surface area contributed by atoms with E-state index in [9.17, 15) is 10.1 Å². The number of rotatable bonds is 7. The first kappa shape index (κ1) is 14.9. The van der Waals surface area contributed by atoms with Crippen molar-refractivity contribution in [3.05, 3.63) is 39.9 Å². The van der Waals surface area contributed by atoms with E-state index < -0.39 is 0 Å². The van der Waals surface area contributed by atoms with Gasteiger partial charge in [-0.1, -0.05) is 18.2 Å². The van der Waals surface area contributed by atoms with E-state index in [1.54, 1.807) is 19.2 Å². The van der Waals surface area contributed by atoms with Crippen molar-refractivity contribution < 1.29 is 14.4 Å². The highest BCUT2D eigenvalue weighted by molar-refractivity contribution is 5.39. The first-order valence-electron chi connectivity index (χ1n) is 6.77. The van der Waals surface area contributed by atoms with Crippen molar-refractivity contribution in [2.45, 2.75) is 38.1 Å². The Morgan fingerprint density at radius 2 is 2.20 bits per heavy atom. The Labute approximate surface area is 118 Å². The minimum atomic E-state index is -0.353. The van der Waals surface area contributed by atoms with Crippen molar-refractivity contribution in [1.82, 2.24) is 5.32 Å². The largest absolute Gasteiger partial charge is 0.377 e. The molecular formula is C14H20N2O4. The number of para-hydroxylation sites is 1. The zero-order chi connectivity index (χ0) is 14.5. The standard InChI is InChI=1S/C14H20N2O4/c1-3-20-13-8-11(14(13)19-2)15-9-10-6-4-5-7-12(10)16(17)18/h4-7,11,13-15H,3,8-9H2,1-2H3. The van der Waals surface area contributed by atoms with Crippen molar-refractivity contribution >= 4 is 5.69 Å². The fourth-order valence-electron chi connectivity index (χ4n) is 2.55. The highest BCUT2D eigenvalue weighted by Crippen LogP contribution is 2.27. The zero-order valence-corrected chi connectivity index (χ0v) is 11.7. The van der Waals surface area contributed by atoms with Crippen molar-refractivity contribution in [3.8, 4) is 0 Å². The molecule has 110 valence electrons. The van der Waals surface area contributed by atoms with Crippen LogP contribution in [-0.2, 0) is 16.0 Å². The molecule has 0 aromatic heterocycles. The quantitative estimate of drug-likeness (QED) is 0.609. The lowest BCUT2D eigenvalue weighted by atomic mass is 9.85. The molecule has 0 bridgehead atoms. The second-order valence-electron chi connectivity index (χ2n) is 4.80. The molecule has 1 aromatic rings. The minimum absolute atomic E-state index is 0.0118. The molecule has 1 aromatic carbocycles. The smallest absolute Gasteiger partial charge is 0.273 e. The Bertz CT molecular complexity index is 466. The Balaban J connectivity index is 1.92. The van der Waals surface area contributed by atoms with E-state index in [2.05, 4.69) is 5.32 Å². The monoisotopic (exact) mass is 280 g/mol. The van der Waals surface area contributed by atoms with Crippen LogP contribution in [0.4, 0.5) is 5.69 Å². The van der Waals surface area contributed by atoms with Crippen LogP contribution in [0.15, 0.2) is 24.3 Å². The number of nitrogens with zero attached hydrogens (tertiary/aromatic N) is 1. The average Bonchev–Trinajstić information content (AvgIpc) is 2.42. The predicted octanol–water partition coefficient (Wildman–Crippen LogP) is 1.88. The number of hydrogen-bond donors (Lipinski definition) is 1. The summed E-state index contributed by atoms with van der Waals surface area (Å²) in [6, 6.07) is 6.95. The summed E-state index contributed by atoms with van der Waals surface area (Å²) in [6.45, 7) is 3.09. The molecule has 3 unspecified atom stereocenters. The summed E-state index contributed by atoms with van der Waals surface area (Å²) in [5, 5.41) is 14.3. The van der Waals surface area contributed by atoms with Crippen LogP contribution in [0.3, 0.4) is 0 Å². The first-order chi connectivity index (χ1) is 9.67. The Kier molecular flexibility index (Phi) is 5.05. The third-order valence-electron chi connectivity index (χ3n) is 3.65. The molecule has 0 spiro atoms. The molecular weight excluding hydrogens is 260 g/mol. The summed E-state index contributed by atoms with van der Waals surface area (Å²) < 4.78 is 11.0. The van der Waals surface area contributed by atoms with Crippen LogP contribution in [0, 0.1) is 10.1 Å². The van der Waals surface area contributed by atoms with Gasteiger partial charge in [-0.15, -0.1) is 0 Å². The number of methoxy groups -OCH3 is 1. The molecule has 0 amide bonds. The van der Waals surface area contributed by atoms with Crippen molar-refractivity contribution in [2.75, 3.05) is 13.7 Å². The Morgan fingerprint density at radius 1 is 1.45 bits per heavy atom. The molecule has 1 saturated carbocycles. The summed E-state index contributed by atoms with van der Waals surface area (Å²) in [5.41, 5.74) is 0.835. The molecule has 0 aliphatic heterocycles. The highest BCUT2D eigenvalue weighted by Gasteiger charge is 2.41. The van der Waals surface area contributed by atoms with Crippen LogP contribution in [0.2, 0.25) is 0 Å². The molecule has 1 fully saturated rings. The van der Waals surface area contributed by atoms with Gasteiger partial charge in [-0.05, 0) is 13.3 Å². The van der Waals surface area contributed by atoms with Gasteiger partial charge in [0.1, 0.15) is 0 Å². The van der Waals surface area contributed by atoms with Crippen LogP contribution >= 0.6 is 0 Å². The lowest BCUT2D eigenvalue weighted by molar-refractivity contribution is -0.385. The number of ether oxygens (including phenoxy) is 2. The van der Waals surface area contributed by atoms with Crippen LogP contribution in [-0.4, -0.2) is 36.9 Å². The number of benzene rings is 1. The van der Waals surface area contributed by atoms with Gasteiger partial charge in [-0.25, -0.2) is 0 Å². The summed E-state index contributed by atoms with van der Waals surface area (Å²) >= 11 is 0. The van der Waals surface area contributed by atoms with E-state index in [1.165, 1.54) is 6.07 Å². The second kappa shape index (κ2) is 6.78. The SMILES string of the molecule is CCOC1CC(NCc2ccccc2[N+](=O)[O-])C1OC.